The second-order valence-electron chi connectivity index (χ2n) is 1.76. The maximum Gasteiger partial charge on any atom is 1.00 e. The van der Waals surface area contributed by atoms with Crippen LogP contribution in [0.25, 0.3) is 0 Å². The fraction of sp³-hybridized carbons (Fsp3) is 0.667. The minimum atomic E-state index is 0. The average molecular weight is 138 g/mol. The molecule has 0 N–H and O–H groups in total. The van der Waals surface area contributed by atoms with Gasteiger partial charge in [0, 0.05) is 12.8 Å². The van der Waals surface area contributed by atoms with Crippen molar-refractivity contribution < 1.29 is 40.6 Å². The van der Waals surface area contributed by atoms with Crippen LogP contribution in [0.15, 0.2) is 0 Å². The van der Waals surface area contributed by atoms with Crippen molar-refractivity contribution >= 4 is 12.1 Å². The second kappa shape index (κ2) is 8.34. The molecule has 0 bridgehead atoms. The fourth-order valence-electron chi connectivity index (χ4n) is 0.434. The smallest absolute Gasteiger partial charge is 1.00 e. The van der Waals surface area contributed by atoms with Gasteiger partial charge in [-0.3, -0.25) is 0 Å². The number of rotatable bonds is 4. The van der Waals surface area contributed by atoms with Crippen LogP contribution in [0.4, 0.5) is 0 Å². The van der Waals surface area contributed by atoms with Crippen LogP contribution in [0, 0.1) is 0 Å². The van der Waals surface area contributed by atoms with Gasteiger partial charge >= 0.3 is 29.6 Å². The first-order valence-electron chi connectivity index (χ1n) is 2.70. The van der Waals surface area contributed by atoms with Gasteiger partial charge in [-0.25, -0.2) is 0 Å². The molecule has 0 amide bonds. The maximum absolute atomic E-state index is 10.2. The van der Waals surface area contributed by atoms with Crippen LogP contribution >= 0.6 is 0 Å². The molecule has 0 aromatic heterocycles. The van der Waals surface area contributed by atoms with Crippen molar-refractivity contribution in [1.29, 1.82) is 0 Å². The number of carbonyl (C=O) groups is 2. The molecule has 0 unspecified atom stereocenters. The normalized spacial score (nSPS) is 7.67. The van der Waals surface area contributed by atoms with E-state index in [1.54, 1.807) is 0 Å². The first-order valence-corrected chi connectivity index (χ1v) is 2.70. The van der Waals surface area contributed by atoms with Gasteiger partial charge in [0.25, 0.3) is 0 Å². The summed E-state index contributed by atoms with van der Waals surface area (Å²) in [5.41, 5.74) is 0. The number of hydrogen-bond acceptors (Lipinski definition) is 2. The standard InChI is InChI=1S/C6H10O2.Na.H/c1-6(8)4-2-3-5-7;;/h5H,2-4H2,1H3;;/q;+1;-1. The Balaban J connectivity index is -0.000000245. The summed E-state index contributed by atoms with van der Waals surface area (Å²) in [6, 6.07) is 0. The number of aldehydes is 1. The van der Waals surface area contributed by atoms with Crippen LogP contribution in [0.2, 0.25) is 0 Å². The Morgan fingerprint density at radius 2 is 2.22 bits per heavy atom. The molecule has 0 aliphatic heterocycles. The third-order valence-electron chi connectivity index (χ3n) is 0.851. The predicted molar refractivity (Wildman–Crippen MR) is 31.7 cm³/mol. The van der Waals surface area contributed by atoms with Gasteiger partial charge in [-0.15, -0.1) is 0 Å². The molecular weight excluding hydrogens is 127 g/mol. The molecule has 0 aliphatic carbocycles. The van der Waals surface area contributed by atoms with Crippen molar-refractivity contribution in [2.75, 3.05) is 0 Å². The van der Waals surface area contributed by atoms with Crippen molar-refractivity contribution in [2.24, 2.45) is 0 Å². The third kappa shape index (κ3) is 11.8. The predicted octanol–water partition coefficient (Wildman–Crippen LogP) is -1.94. The summed E-state index contributed by atoms with van der Waals surface area (Å²) in [5, 5.41) is 0. The summed E-state index contributed by atoms with van der Waals surface area (Å²) in [5.74, 6) is 0.159. The summed E-state index contributed by atoms with van der Waals surface area (Å²) in [6.45, 7) is 1.53. The molecule has 0 aromatic rings. The van der Waals surface area contributed by atoms with Crippen LogP contribution in [0.3, 0.4) is 0 Å². The van der Waals surface area contributed by atoms with Crippen LogP contribution in [-0.4, -0.2) is 12.1 Å². The van der Waals surface area contributed by atoms with Gasteiger partial charge in [0.15, 0.2) is 0 Å². The number of unbranched alkanes of at least 4 members (excludes halogenated alkanes) is 1. The van der Waals surface area contributed by atoms with Gasteiger partial charge in [0.2, 0.25) is 0 Å². The van der Waals surface area contributed by atoms with Crippen molar-refractivity contribution in [3.63, 3.8) is 0 Å². The summed E-state index contributed by atoms with van der Waals surface area (Å²) in [6.07, 6.45) is 2.60. The largest absolute Gasteiger partial charge is 1.00 e. The zero-order valence-electron chi connectivity index (χ0n) is 7.02. The molecule has 3 heteroatoms. The van der Waals surface area contributed by atoms with E-state index in [1.165, 1.54) is 6.92 Å². The fourth-order valence-corrected chi connectivity index (χ4v) is 0.434. The Morgan fingerprint density at radius 3 is 2.56 bits per heavy atom. The van der Waals surface area contributed by atoms with Crippen molar-refractivity contribution in [3.05, 3.63) is 0 Å². The summed E-state index contributed by atoms with van der Waals surface area (Å²) in [4.78, 5) is 19.9. The van der Waals surface area contributed by atoms with Crippen LogP contribution in [0.1, 0.15) is 27.6 Å². The topological polar surface area (TPSA) is 34.1 Å². The molecule has 48 valence electrons. The number of hydrogen-bond donors (Lipinski definition) is 0. The number of ketones is 1. The summed E-state index contributed by atoms with van der Waals surface area (Å²) >= 11 is 0. The van der Waals surface area contributed by atoms with Gasteiger partial charge in [-0.2, -0.15) is 0 Å². The number of Topliss-reactive ketones (excluding diaryl/α,β-unsaturated/α-hetero) is 1. The zero-order chi connectivity index (χ0) is 6.41. The Kier molecular flexibility index (Phi) is 11.2. The van der Waals surface area contributed by atoms with E-state index in [-0.39, 0.29) is 36.8 Å². The molecule has 0 rings (SSSR count). The Labute approximate surface area is 78.8 Å². The SMILES string of the molecule is CC(=O)CCCC=O.[H-].[Na+]. The van der Waals surface area contributed by atoms with Gasteiger partial charge in [0.05, 0.1) is 0 Å². The van der Waals surface area contributed by atoms with E-state index in [4.69, 9.17) is 0 Å². The van der Waals surface area contributed by atoms with E-state index >= 15 is 0 Å². The first kappa shape index (κ1) is 12.1. The van der Waals surface area contributed by atoms with E-state index < -0.39 is 0 Å². The van der Waals surface area contributed by atoms with E-state index in [2.05, 4.69) is 0 Å². The molecule has 0 radical (unpaired) electrons. The van der Waals surface area contributed by atoms with Crippen molar-refractivity contribution in [3.8, 4) is 0 Å². The average Bonchev–Trinajstić information content (AvgIpc) is 1.66. The van der Waals surface area contributed by atoms with E-state index in [1.807, 2.05) is 0 Å². The van der Waals surface area contributed by atoms with E-state index in [9.17, 15) is 9.59 Å². The van der Waals surface area contributed by atoms with Gasteiger partial charge in [-0.05, 0) is 13.3 Å². The first-order chi connectivity index (χ1) is 3.77. The molecule has 0 aromatic carbocycles. The van der Waals surface area contributed by atoms with Crippen molar-refractivity contribution in [2.45, 2.75) is 26.2 Å². The molecule has 0 saturated heterocycles. The Morgan fingerprint density at radius 1 is 1.67 bits per heavy atom. The van der Waals surface area contributed by atoms with Crippen molar-refractivity contribution in [1.82, 2.24) is 0 Å². The quantitative estimate of drug-likeness (QED) is 0.257. The molecule has 0 heterocycles. The van der Waals surface area contributed by atoms with Crippen LogP contribution < -0.4 is 29.6 Å². The molecule has 0 atom stereocenters. The monoisotopic (exact) mass is 138 g/mol. The minimum Gasteiger partial charge on any atom is -1.00 e. The summed E-state index contributed by atoms with van der Waals surface area (Å²) in [7, 11) is 0. The third-order valence-corrected chi connectivity index (χ3v) is 0.851. The maximum atomic E-state index is 10.2. The minimum absolute atomic E-state index is 0. The van der Waals surface area contributed by atoms with Gasteiger partial charge < -0.3 is 11.0 Å². The van der Waals surface area contributed by atoms with Crippen LogP contribution in [0.5, 0.6) is 0 Å². The molecular formula is C6H11NaO2. The van der Waals surface area contributed by atoms with Gasteiger partial charge in [-0.1, -0.05) is 0 Å². The Hall–Kier alpha value is 0.340. The van der Waals surface area contributed by atoms with E-state index in [0.717, 1.165) is 6.29 Å². The molecule has 0 fully saturated rings. The Bertz CT molecular complexity index is 95.7. The molecule has 0 spiro atoms. The zero-order valence-corrected chi connectivity index (χ0v) is 8.02. The molecule has 2 nitrogen and oxygen atoms in total. The molecule has 0 aliphatic rings. The second-order valence-corrected chi connectivity index (χ2v) is 1.76. The summed E-state index contributed by atoms with van der Waals surface area (Å²) < 4.78 is 0. The van der Waals surface area contributed by atoms with Gasteiger partial charge in [0.1, 0.15) is 12.1 Å². The molecule has 9 heavy (non-hydrogen) atoms. The number of carbonyl (C=O) groups excluding carboxylic acids is 2. The van der Waals surface area contributed by atoms with Crippen LogP contribution in [-0.2, 0) is 9.59 Å². The molecule has 0 saturated carbocycles. The van der Waals surface area contributed by atoms with E-state index in [0.29, 0.717) is 19.3 Å².